The third-order valence-electron chi connectivity index (χ3n) is 9.40. The highest BCUT2D eigenvalue weighted by Crippen LogP contribution is 2.40. The fourth-order valence-corrected chi connectivity index (χ4v) is 8.14. The van der Waals surface area contributed by atoms with E-state index < -0.39 is 15.5 Å². The van der Waals surface area contributed by atoms with E-state index in [4.69, 9.17) is 0 Å². The van der Waals surface area contributed by atoms with E-state index in [1.165, 1.54) is 16.8 Å². The molecule has 0 heterocycles. The Labute approximate surface area is 316 Å². The van der Waals surface area contributed by atoms with Crippen LogP contribution in [0.5, 0.6) is 0 Å². The van der Waals surface area contributed by atoms with E-state index in [1.54, 1.807) is 4.13 Å². The van der Waals surface area contributed by atoms with Crippen LogP contribution in [0.4, 0.5) is 35.9 Å². The molecule has 2 N–H and O–H groups in total. The highest BCUT2D eigenvalue weighted by Gasteiger charge is 2.45. The topological polar surface area (TPSA) is 64.7 Å². The molecule has 0 aliphatic rings. The SMILES string of the molecule is C=C(C)c1ccc(Nc2ccc(C(c3ccc(N(CC)CC)cc3)c3ccc(N(CC)CCCSNS(=O)(=O)C(F)(F)F)cc3)c3ccccc23)cc1. The Kier molecular flexibility index (Phi) is 13.2. The van der Waals surface area contributed by atoms with Gasteiger partial charge >= 0.3 is 15.5 Å². The zero-order chi connectivity index (χ0) is 38.2. The second-order valence-corrected chi connectivity index (χ2v) is 15.7. The third kappa shape index (κ3) is 9.57. The molecule has 5 rings (SSSR count). The Morgan fingerprint density at radius 3 is 1.83 bits per heavy atom. The van der Waals surface area contributed by atoms with Crippen LogP contribution in [0, 0.1) is 0 Å². The van der Waals surface area contributed by atoms with Gasteiger partial charge in [0.15, 0.2) is 0 Å². The molecule has 5 aromatic carbocycles. The Morgan fingerprint density at radius 2 is 1.30 bits per heavy atom. The molecule has 6 nitrogen and oxygen atoms in total. The maximum absolute atomic E-state index is 12.7. The van der Waals surface area contributed by atoms with Gasteiger partial charge in [-0.25, -0.2) is 8.42 Å². The lowest BCUT2D eigenvalue weighted by Gasteiger charge is -2.26. The van der Waals surface area contributed by atoms with E-state index in [-0.39, 0.29) is 11.7 Å². The normalized spacial score (nSPS) is 12.4. The van der Waals surface area contributed by atoms with Crippen LogP contribution < -0.4 is 19.2 Å². The van der Waals surface area contributed by atoms with Gasteiger partial charge in [-0.3, -0.25) is 0 Å². The summed E-state index contributed by atoms with van der Waals surface area (Å²) >= 11 is 0.550. The van der Waals surface area contributed by atoms with Crippen LogP contribution in [-0.2, 0) is 10.0 Å². The molecule has 0 aliphatic heterocycles. The van der Waals surface area contributed by atoms with Gasteiger partial charge < -0.3 is 15.1 Å². The van der Waals surface area contributed by atoms with Crippen molar-refractivity contribution in [2.45, 2.75) is 45.5 Å². The first-order valence-corrected chi connectivity index (χ1v) is 20.3. The third-order valence-corrected chi connectivity index (χ3v) is 11.9. The number of hydrogen-bond acceptors (Lipinski definition) is 6. The Hall–Kier alpha value is -4.45. The number of hydrogen-bond donors (Lipinski definition) is 2. The molecule has 0 aliphatic carbocycles. The summed E-state index contributed by atoms with van der Waals surface area (Å²) in [6.07, 6.45) is 0.493. The molecule has 0 fully saturated rings. The van der Waals surface area contributed by atoms with E-state index in [0.717, 1.165) is 57.6 Å². The summed E-state index contributed by atoms with van der Waals surface area (Å²) in [7, 11) is -5.37. The zero-order valence-corrected chi connectivity index (χ0v) is 32.2. The molecule has 280 valence electrons. The Bertz CT molecular complexity index is 2080. The summed E-state index contributed by atoms with van der Waals surface area (Å²) in [5.41, 5.74) is 4.44. The molecule has 11 heteroatoms. The lowest BCUT2D eigenvalue weighted by Crippen LogP contribution is -2.33. The Balaban J connectivity index is 1.45. The molecule has 0 spiro atoms. The number of alkyl halides is 3. The first-order chi connectivity index (χ1) is 25.4. The molecule has 1 atom stereocenters. The first kappa shape index (κ1) is 39.8. The van der Waals surface area contributed by atoms with Gasteiger partial charge in [0.25, 0.3) is 0 Å². The van der Waals surface area contributed by atoms with Crippen molar-refractivity contribution in [1.82, 2.24) is 4.13 Å². The van der Waals surface area contributed by atoms with Gasteiger partial charge in [-0.2, -0.15) is 17.3 Å². The van der Waals surface area contributed by atoms with Crippen molar-refractivity contribution < 1.29 is 21.6 Å². The van der Waals surface area contributed by atoms with Gasteiger partial charge in [-0.05, 0) is 104 Å². The number of sulfonamides is 1. The van der Waals surface area contributed by atoms with Crippen LogP contribution in [0.25, 0.3) is 16.3 Å². The predicted octanol–water partition coefficient (Wildman–Crippen LogP) is 10.9. The van der Waals surface area contributed by atoms with Gasteiger partial charge in [-0.15, -0.1) is 0 Å². The largest absolute Gasteiger partial charge is 0.512 e. The number of anilines is 4. The minimum atomic E-state index is -5.37. The number of allylic oxidation sites excluding steroid dienone is 1. The number of benzene rings is 5. The van der Waals surface area contributed by atoms with Crippen molar-refractivity contribution >= 4 is 61.1 Å². The van der Waals surface area contributed by atoms with Crippen LogP contribution in [0.1, 0.15) is 62.3 Å². The van der Waals surface area contributed by atoms with E-state index in [1.807, 2.05) is 13.8 Å². The summed E-state index contributed by atoms with van der Waals surface area (Å²) < 4.78 is 62.2. The fraction of sp³-hybridized carbons (Fsp3) is 0.286. The molecule has 5 aromatic rings. The standard InChI is InChI=1S/C42H47F3N4O2S2/c1-6-48(7-2)35-22-16-32(17-23-35)41(33-18-24-36(25-19-33)49(8-3)28-11-29-52-47-53(50,51)42(43,44)45)39-26-27-40(38-13-10-9-12-37(38)39)46-34-20-14-31(15-21-34)30(4)5/h9-10,12-27,41,46-47H,4,6-8,11,28-29H2,1-3,5H3. The average Bonchev–Trinajstić information content (AvgIpc) is 3.15. The molecular formula is C42H47F3N4O2S2. The Morgan fingerprint density at radius 1 is 0.755 bits per heavy atom. The lowest BCUT2D eigenvalue weighted by atomic mass is 9.82. The molecule has 53 heavy (non-hydrogen) atoms. The first-order valence-electron chi connectivity index (χ1n) is 17.8. The number of nitrogens with zero attached hydrogens (tertiary/aromatic N) is 2. The quantitative estimate of drug-likeness (QED) is 0.0559. The number of fused-ring (bicyclic) bond motifs is 1. The van der Waals surface area contributed by atoms with Crippen LogP contribution >= 0.6 is 11.9 Å². The second kappa shape index (κ2) is 17.6. The van der Waals surface area contributed by atoms with Gasteiger partial charge in [0, 0.05) is 66.0 Å². The monoisotopic (exact) mass is 760 g/mol. The van der Waals surface area contributed by atoms with Crippen molar-refractivity contribution in [1.29, 1.82) is 0 Å². The highest BCUT2D eigenvalue weighted by molar-refractivity contribution is 8.09. The molecule has 0 saturated carbocycles. The molecule has 0 saturated heterocycles. The summed E-state index contributed by atoms with van der Waals surface area (Å²) in [6.45, 7) is 15.5. The van der Waals surface area contributed by atoms with Crippen molar-refractivity contribution in [3.05, 3.63) is 138 Å². The molecule has 0 amide bonds. The van der Waals surface area contributed by atoms with Gasteiger partial charge in [0.05, 0.1) is 0 Å². The predicted molar refractivity (Wildman–Crippen MR) is 219 cm³/mol. The highest BCUT2D eigenvalue weighted by atomic mass is 32.3. The number of nitrogens with one attached hydrogen (secondary N) is 2. The van der Waals surface area contributed by atoms with Gasteiger partial charge in [0.1, 0.15) is 0 Å². The van der Waals surface area contributed by atoms with Gasteiger partial charge in [0.2, 0.25) is 0 Å². The summed E-state index contributed by atoms with van der Waals surface area (Å²) in [5, 5.41) is 5.89. The fourth-order valence-electron chi connectivity index (χ4n) is 6.54. The van der Waals surface area contributed by atoms with Crippen molar-refractivity contribution in [2.24, 2.45) is 0 Å². The molecule has 0 radical (unpaired) electrons. The summed E-state index contributed by atoms with van der Waals surface area (Å²) in [5.74, 6) is 0.129. The molecule has 1 unspecified atom stereocenters. The van der Waals surface area contributed by atoms with Crippen molar-refractivity contribution in [3.63, 3.8) is 0 Å². The maximum atomic E-state index is 12.7. The van der Waals surface area contributed by atoms with Crippen LogP contribution in [0.15, 0.2) is 116 Å². The van der Waals surface area contributed by atoms with Crippen molar-refractivity contribution in [3.8, 4) is 0 Å². The van der Waals surface area contributed by atoms with Crippen LogP contribution in [0.2, 0.25) is 0 Å². The minimum Gasteiger partial charge on any atom is -0.372 e. The number of rotatable bonds is 17. The molecule has 0 bridgehead atoms. The van der Waals surface area contributed by atoms with Crippen LogP contribution in [0.3, 0.4) is 0 Å². The maximum Gasteiger partial charge on any atom is 0.512 e. The zero-order valence-electron chi connectivity index (χ0n) is 30.6. The van der Waals surface area contributed by atoms with Crippen molar-refractivity contribution in [2.75, 3.05) is 47.0 Å². The molecule has 0 aromatic heterocycles. The van der Waals surface area contributed by atoms with E-state index in [2.05, 4.69) is 145 Å². The van der Waals surface area contributed by atoms with Crippen LogP contribution in [-0.4, -0.2) is 45.9 Å². The summed E-state index contributed by atoms with van der Waals surface area (Å²) in [4.78, 5) is 4.46. The van der Waals surface area contributed by atoms with E-state index >= 15 is 0 Å². The minimum absolute atomic E-state index is 0.0725. The molecular weight excluding hydrogens is 714 g/mol. The van der Waals surface area contributed by atoms with Gasteiger partial charge in [-0.1, -0.05) is 90.8 Å². The smallest absolute Gasteiger partial charge is 0.372 e. The summed E-state index contributed by atoms with van der Waals surface area (Å²) in [6, 6.07) is 38.4. The van der Waals surface area contributed by atoms with E-state index in [9.17, 15) is 21.6 Å². The second-order valence-electron chi connectivity index (χ2n) is 12.8. The lowest BCUT2D eigenvalue weighted by molar-refractivity contribution is -0.0440. The number of halogens is 3. The average molecular weight is 761 g/mol. The van der Waals surface area contributed by atoms with E-state index in [0.29, 0.717) is 31.5 Å².